The van der Waals surface area contributed by atoms with Crippen LogP contribution in [-0.2, 0) is 6.18 Å². The van der Waals surface area contributed by atoms with E-state index in [9.17, 15) is 13.2 Å². The molecule has 7 heteroatoms. The maximum absolute atomic E-state index is 13.1. The van der Waals surface area contributed by atoms with E-state index in [4.69, 9.17) is 0 Å². The molecular formula is C12H15BrF3N3. The third-order valence-corrected chi connectivity index (χ3v) is 3.61. The van der Waals surface area contributed by atoms with Crippen LogP contribution in [0.1, 0.15) is 19.4 Å². The predicted molar refractivity (Wildman–Crippen MR) is 71.2 cm³/mol. The number of piperazine rings is 1. The molecule has 0 spiro atoms. The summed E-state index contributed by atoms with van der Waals surface area (Å²) in [6, 6.07) is 1.20. The smallest absolute Gasteiger partial charge is 0.351 e. The molecule has 19 heavy (non-hydrogen) atoms. The predicted octanol–water partition coefficient (Wildman–Crippen LogP) is 3.05. The molecule has 0 bridgehead atoms. The Bertz CT molecular complexity index is 464. The molecule has 2 atom stereocenters. The number of pyridine rings is 1. The van der Waals surface area contributed by atoms with E-state index in [-0.39, 0.29) is 17.9 Å². The highest BCUT2D eigenvalue weighted by Gasteiger charge is 2.38. The fourth-order valence-corrected chi connectivity index (χ4v) is 2.52. The number of hydrogen-bond acceptors (Lipinski definition) is 3. The third kappa shape index (κ3) is 3.20. The summed E-state index contributed by atoms with van der Waals surface area (Å²) in [5.74, 6) is 0.0107. The van der Waals surface area contributed by atoms with Gasteiger partial charge in [-0.15, -0.1) is 0 Å². The first-order valence-corrected chi connectivity index (χ1v) is 6.81. The molecule has 2 rings (SSSR count). The lowest BCUT2D eigenvalue weighted by molar-refractivity contribution is -0.137. The second-order valence-electron chi connectivity index (χ2n) is 4.83. The van der Waals surface area contributed by atoms with Crippen LogP contribution in [0.4, 0.5) is 19.0 Å². The Morgan fingerprint density at radius 2 is 2.11 bits per heavy atom. The molecule has 1 aliphatic rings. The van der Waals surface area contributed by atoms with Gasteiger partial charge in [0, 0.05) is 35.8 Å². The van der Waals surface area contributed by atoms with Crippen molar-refractivity contribution in [3.05, 3.63) is 22.3 Å². The van der Waals surface area contributed by atoms with Crippen molar-refractivity contribution in [3.8, 4) is 0 Å². The van der Waals surface area contributed by atoms with E-state index >= 15 is 0 Å². The fourth-order valence-electron chi connectivity index (χ4n) is 2.19. The first-order valence-electron chi connectivity index (χ1n) is 6.02. The highest BCUT2D eigenvalue weighted by atomic mass is 79.9. The highest BCUT2D eigenvalue weighted by Crippen LogP contribution is 2.37. The van der Waals surface area contributed by atoms with E-state index in [2.05, 4.69) is 26.2 Å². The summed E-state index contributed by atoms with van der Waals surface area (Å²) in [5.41, 5.74) is -0.692. The summed E-state index contributed by atoms with van der Waals surface area (Å²) < 4.78 is 39.6. The quantitative estimate of drug-likeness (QED) is 0.853. The molecule has 1 aromatic rings. The lowest BCUT2D eigenvalue weighted by atomic mass is 10.1. The summed E-state index contributed by atoms with van der Waals surface area (Å²) in [5, 5.41) is 3.24. The van der Waals surface area contributed by atoms with Crippen LogP contribution in [0.15, 0.2) is 16.7 Å². The molecule has 2 unspecified atom stereocenters. The van der Waals surface area contributed by atoms with E-state index < -0.39 is 11.7 Å². The van der Waals surface area contributed by atoms with E-state index in [0.29, 0.717) is 17.6 Å². The molecule has 1 saturated heterocycles. The molecule has 2 heterocycles. The standard InChI is InChI=1S/C12H15BrF3N3/c1-7-6-19(8(2)4-17-7)11-10(12(14,15)16)3-9(13)5-18-11/h3,5,7-8,17H,4,6H2,1-2H3. The van der Waals surface area contributed by atoms with Crippen LogP contribution in [0.3, 0.4) is 0 Å². The Morgan fingerprint density at radius 1 is 1.42 bits per heavy atom. The van der Waals surface area contributed by atoms with Crippen LogP contribution in [0.5, 0.6) is 0 Å². The summed E-state index contributed by atoms with van der Waals surface area (Å²) in [6.07, 6.45) is -3.00. The van der Waals surface area contributed by atoms with E-state index in [1.165, 1.54) is 6.20 Å². The SMILES string of the molecule is CC1CN(c2ncc(Br)cc2C(F)(F)F)C(C)CN1. The van der Waals surface area contributed by atoms with Gasteiger partial charge in [0.15, 0.2) is 0 Å². The molecule has 1 aromatic heterocycles. The Hall–Kier alpha value is -0.820. The Labute approximate surface area is 118 Å². The Kier molecular flexibility index (Phi) is 4.06. The molecule has 0 amide bonds. The van der Waals surface area contributed by atoms with Crippen molar-refractivity contribution in [2.75, 3.05) is 18.0 Å². The van der Waals surface area contributed by atoms with Crippen molar-refractivity contribution >= 4 is 21.7 Å². The van der Waals surface area contributed by atoms with Crippen molar-refractivity contribution in [2.24, 2.45) is 0 Å². The number of halogens is 4. The number of anilines is 1. The molecule has 0 saturated carbocycles. The zero-order chi connectivity index (χ0) is 14.2. The van der Waals surface area contributed by atoms with E-state index in [0.717, 1.165) is 6.07 Å². The van der Waals surface area contributed by atoms with Gasteiger partial charge in [-0.05, 0) is 35.8 Å². The fraction of sp³-hybridized carbons (Fsp3) is 0.583. The van der Waals surface area contributed by atoms with Gasteiger partial charge in [-0.1, -0.05) is 0 Å². The van der Waals surface area contributed by atoms with Crippen molar-refractivity contribution in [1.82, 2.24) is 10.3 Å². The molecule has 1 N–H and O–H groups in total. The van der Waals surface area contributed by atoms with Gasteiger partial charge in [0.25, 0.3) is 0 Å². The zero-order valence-corrected chi connectivity index (χ0v) is 12.2. The number of alkyl halides is 3. The maximum atomic E-state index is 13.1. The molecule has 3 nitrogen and oxygen atoms in total. The largest absolute Gasteiger partial charge is 0.419 e. The van der Waals surface area contributed by atoms with Crippen molar-refractivity contribution in [3.63, 3.8) is 0 Å². The normalized spacial score (nSPS) is 24.6. The summed E-state index contributed by atoms with van der Waals surface area (Å²) >= 11 is 3.05. The van der Waals surface area contributed by atoms with Crippen LogP contribution < -0.4 is 10.2 Å². The number of rotatable bonds is 1. The van der Waals surface area contributed by atoms with Crippen LogP contribution in [0.2, 0.25) is 0 Å². The van der Waals surface area contributed by atoms with Crippen LogP contribution in [0.25, 0.3) is 0 Å². The van der Waals surface area contributed by atoms with E-state index in [1.54, 1.807) is 4.90 Å². The minimum absolute atomic E-state index is 0.0107. The molecule has 0 aliphatic carbocycles. The van der Waals surface area contributed by atoms with Gasteiger partial charge >= 0.3 is 6.18 Å². The lowest BCUT2D eigenvalue weighted by Crippen LogP contribution is -2.55. The van der Waals surface area contributed by atoms with Gasteiger partial charge in [-0.3, -0.25) is 0 Å². The Morgan fingerprint density at radius 3 is 2.74 bits per heavy atom. The highest BCUT2D eigenvalue weighted by molar-refractivity contribution is 9.10. The van der Waals surface area contributed by atoms with Gasteiger partial charge in [0.1, 0.15) is 5.82 Å². The monoisotopic (exact) mass is 337 g/mol. The molecule has 0 aromatic carbocycles. The van der Waals surface area contributed by atoms with Gasteiger partial charge < -0.3 is 10.2 Å². The number of aromatic nitrogens is 1. The van der Waals surface area contributed by atoms with Crippen LogP contribution in [0, 0.1) is 0 Å². The molecule has 1 fully saturated rings. The lowest BCUT2D eigenvalue weighted by Gasteiger charge is -2.39. The number of hydrogen-bond donors (Lipinski definition) is 1. The summed E-state index contributed by atoms with van der Waals surface area (Å²) in [7, 11) is 0. The van der Waals surface area contributed by atoms with Crippen LogP contribution >= 0.6 is 15.9 Å². The second kappa shape index (κ2) is 5.28. The average Bonchev–Trinajstić information content (AvgIpc) is 2.31. The molecular weight excluding hydrogens is 323 g/mol. The minimum Gasteiger partial charge on any atom is -0.351 e. The third-order valence-electron chi connectivity index (χ3n) is 3.18. The second-order valence-corrected chi connectivity index (χ2v) is 5.75. The van der Waals surface area contributed by atoms with Gasteiger partial charge in [0.05, 0.1) is 5.56 Å². The van der Waals surface area contributed by atoms with Gasteiger partial charge in [-0.25, -0.2) is 4.98 Å². The molecule has 0 radical (unpaired) electrons. The number of nitrogens with one attached hydrogen (secondary N) is 1. The summed E-state index contributed by atoms with van der Waals surface area (Å²) in [4.78, 5) is 5.70. The maximum Gasteiger partial charge on any atom is 0.419 e. The van der Waals surface area contributed by atoms with Crippen molar-refractivity contribution in [1.29, 1.82) is 0 Å². The first-order chi connectivity index (χ1) is 8.79. The van der Waals surface area contributed by atoms with Gasteiger partial charge in [-0.2, -0.15) is 13.2 Å². The minimum atomic E-state index is -4.40. The topological polar surface area (TPSA) is 28.2 Å². The molecule has 1 aliphatic heterocycles. The Balaban J connectivity index is 2.43. The molecule has 106 valence electrons. The van der Waals surface area contributed by atoms with Gasteiger partial charge in [0.2, 0.25) is 0 Å². The van der Waals surface area contributed by atoms with Crippen molar-refractivity contribution in [2.45, 2.75) is 32.1 Å². The number of nitrogens with zero attached hydrogens (tertiary/aromatic N) is 2. The first kappa shape index (κ1) is 14.6. The summed E-state index contributed by atoms with van der Waals surface area (Å²) in [6.45, 7) is 5.00. The van der Waals surface area contributed by atoms with E-state index in [1.807, 2.05) is 13.8 Å². The van der Waals surface area contributed by atoms with Crippen molar-refractivity contribution < 1.29 is 13.2 Å². The average molecular weight is 338 g/mol. The van der Waals surface area contributed by atoms with Crippen LogP contribution in [-0.4, -0.2) is 30.2 Å². The zero-order valence-electron chi connectivity index (χ0n) is 10.6.